The molecule has 0 unspecified atom stereocenters. The largest absolute Gasteiger partial charge is 0.454 e. The molecular weight excluding hydrogens is 340 g/mol. The number of hydrogen-bond donors (Lipinski definition) is 1. The maximum Gasteiger partial charge on any atom is 0.338 e. The summed E-state index contributed by atoms with van der Waals surface area (Å²) in [7, 11) is 0. The van der Waals surface area contributed by atoms with Crippen LogP contribution in [0.3, 0.4) is 0 Å². The zero-order valence-corrected chi connectivity index (χ0v) is 14.2. The number of Topliss-reactive ketones (excluding diaryl/α,β-unsaturated/α-hetero) is 1. The molecular formula is C17H18N4O5. The summed E-state index contributed by atoms with van der Waals surface area (Å²) in [5, 5.41) is 20.2. The Hall–Kier alpha value is -3.41. The van der Waals surface area contributed by atoms with E-state index in [1.807, 2.05) is 4.90 Å². The summed E-state index contributed by atoms with van der Waals surface area (Å²) in [6, 6.07) is 5.71. The Labute approximate surface area is 149 Å². The number of ether oxygens (including phenoxy) is 1. The van der Waals surface area contributed by atoms with Crippen LogP contribution in [0.2, 0.25) is 0 Å². The van der Waals surface area contributed by atoms with E-state index < -0.39 is 23.3 Å². The number of esters is 1. The number of allylic oxidation sites excluding steroid dienone is 1. The Balaban J connectivity index is 2.16. The Morgan fingerprint density at radius 1 is 1.38 bits per heavy atom. The number of nitrogens with two attached hydrogens (primary N) is 1. The summed E-state index contributed by atoms with van der Waals surface area (Å²) in [5.41, 5.74) is 5.37. The number of nitro benzene ring substituents is 1. The number of anilines is 1. The van der Waals surface area contributed by atoms with Gasteiger partial charge in [0, 0.05) is 24.9 Å². The Bertz CT molecular complexity index is 815. The van der Waals surface area contributed by atoms with Gasteiger partial charge < -0.3 is 15.4 Å². The number of carbonyl (C=O) groups excluding carboxylic acids is 2. The van der Waals surface area contributed by atoms with Crippen LogP contribution in [0.5, 0.6) is 0 Å². The molecule has 0 aromatic heterocycles. The third kappa shape index (κ3) is 4.16. The van der Waals surface area contributed by atoms with Gasteiger partial charge >= 0.3 is 5.97 Å². The van der Waals surface area contributed by atoms with Gasteiger partial charge in [0.1, 0.15) is 17.3 Å². The van der Waals surface area contributed by atoms with Crippen molar-refractivity contribution in [1.82, 2.24) is 0 Å². The number of hydrogen-bond acceptors (Lipinski definition) is 8. The predicted octanol–water partition coefficient (Wildman–Crippen LogP) is 1.68. The Morgan fingerprint density at radius 2 is 2.04 bits per heavy atom. The first-order chi connectivity index (χ1) is 12.3. The summed E-state index contributed by atoms with van der Waals surface area (Å²) in [6.07, 6.45) is 1.91. The molecule has 1 aromatic carbocycles. The van der Waals surface area contributed by atoms with Crippen molar-refractivity contribution < 1.29 is 19.2 Å². The molecule has 1 heterocycles. The standard InChI is InChI=1S/C17H18N4O5/c1-11(19)13(9-18)16(22)10-26-17(23)12-4-5-14(15(8-12)21(24)25)20-6-2-3-7-20/h4-5,8H,2-3,6-7,10,19H2,1H3/b13-11-. The van der Waals surface area contributed by atoms with Gasteiger partial charge in [0.2, 0.25) is 5.78 Å². The third-order valence-corrected chi connectivity index (χ3v) is 3.97. The SMILES string of the molecule is C/C(N)=C(\C#N)C(=O)COC(=O)c1ccc(N2CCCC2)c([N+](=O)[O-])c1. The molecule has 9 heteroatoms. The van der Waals surface area contributed by atoms with E-state index in [0.29, 0.717) is 5.69 Å². The number of nitriles is 1. The minimum atomic E-state index is -0.888. The van der Waals surface area contributed by atoms with E-state index in [4.69, 9.17) is 15.7 Å². The lowest BCUT2D eigenvalue weighted by molar-refractivity contribution is -0.384. The van der Waals surface area contributed by atoms with Crippen LogP contribution in [-0.4, -0.2) is 36.4 Å². The molecule has 1 fully saturated rings. The molecule has 0 aliphatic carbocycles. The fourth-order valence-corrected chi connectivity index (χ4v) is 2.68. The highest BCUT2D eigenvalue weighted by atomic mass is 16.6. The number of benzene rings is 1. The van der Waals surface area contributed by atoms with Crippen molar-refractivity contribution in [3.63, 3.8) is 0 Å². The molecule has 2 rings (SSSR count). The molecule has 0 bridgehead atoms. The molecule has 0 atom stereocenters. The van der Waals surface area contributed by atoms with Crippen molar-refractivity contribution in [2.24, 2.45) is 5.73 Å². The smallest absolute Gasteiger partial charge is 0.338 e. The second-order valence-corrected chi connectivity index (χ2v) is 5.82. The van der Waals surface area contributed by atoms with Gasteiger partial charge in [-0.15, -0.1) is 0 Å². The third-order valence-electron chi connectivity index (χ3n) is 3.97. The van der Waals surface area contributed by atoms with Gasteiger partial charge in [-0.05, 0) is 31.9 Å². The van der Waals surface area contributed by atoms with E-state index in [2.05, 4.69) is 0 Å². The monoisotopic (exact) mass is 358 g/mol. The van der Waals surface area contributed by atoms with Crippen LogP contribution in [0.4, 0.5) is 11.4 Å². The molecule has 1 saturated heterocycles. The van der Waals surface area contributed by atoms with E-state index in [1.54, 1.807) is 6.07 Å². The van der Waals surface area contributed by atoms with Crippen LogP contribution in [0.1, 0.15) is 30.1 Å². The molecule has 136 valence electrons. The van der Waals surface area contributed by atoms with E-state index >= 15 is 0 Å². The normalized spacial score (nSPS) is 14.4. The van der Waals surface area contributed by atoms with E-state index in [0.717, 1.165) is 32.0 Å². The highest BCUT2D eigenvalue weighted by Gasteiger charge is 2.24. The lowest BCUT2D eigenvalue weighted by atomic mass is 10.1. The predicted molar refractivity (Wildman–Crippen MR) is 92.3 cm³/mol. The van der Waals surface area contributed by atoms with Gasteiger partial charge in [0.15, 0.2) is 6.61 Å². The molecule has 1 aromatic rings. The first-order valence-corrected chi connectivity index (χ1v) is 7.95. The lowest BCUT2D eigenvalue weighted by Crippen LogP contribution is -2.20. The van der Waals surface area contributed by atoms with Gasteiger partial charge in [0.25, 0.3) is 5.69 Å². The highest BCUT2D eigenvalue weighted by Crippen LogP contribution is 2.31. The fourth-order valence-electron chi connectivity index (χ4n) is 2.68. The van der Waals surface area contributed by atoms with Gasteiger partial charge in [-0.3, -0.25) is 14.9 Å². The number of nitro groups is 1. The van der Waals surface area contributed by atoms with Gasteiger partial charge in [-0.2, -0.15) is 5.26 Å². The Morgan fingerprint density at radius 3 is 2.58 bits per heavy atom. The molecule has 0 saturated carbocycles. The molecule has 1 aliphatic heterocycles. The second-order valence-electron chi connectivity index (χ2n) is 5.82. The zero-order chi connectivity index (χ0) is 19.3. The molecule has 0 spiro atoms. The second kappa shape index (κ2) is 8.11. The molecule has 26 heavy (non-hydrogen) atoms. The summed E-state index contributed by atoms with van der Waals surface area (Å²) in [5.74, 6) is -1.62. The molecule has 2 N–H and O–H groups in total. The lowest BCUT2D eigenvalue weighted by Gasteiger charge is -2.17. The molecule has 0 radical (unpaired) electrons. The highest BCUT2D eigenvalue weighted by molar-refractivity contribution is 6.02. The maximum atomic E-state index is 12.1. The van der Waals surface area contributed by atoms with Gasteiger partial charge in [-0.25, -0.2) is 4.79 Å². The van der Waals surface area contributed by atoms with Crippen molar-refractivity contribution in [2.75, 3.05) is 24.6 Å². The minimum absolute atomic E-state index is 0.0270. The summed E-state index contributed by atoms with van der Waals surface area (Å²) >= 11 is 0. The number of ketones is 1. The van der Waals surface area contributed by atoms with Crippen LogP contribution in [0.25, 0.3) is 0 Å². The topological polar surface area (TPSA) is 140 Å². The van der Waals surface area contributed by atoms with Crippen LogP contribution < -0.4 is 10.6 Å². The van der Waals surface area contributed by atoms with Crippen LogP contribution in [0.15, 0.2) is 29.5 Å². The Kier molecular flexibility index (Phi) is 5.90. The van der Waals surface area contributed by atoms with Crippen molar-refractivity contribution in [1.29, 1.82) is 5.26 Å². The van der Waals surface area contributed by atoms with Crippen molar-refractivity contribution >= 4 is 23.1 Å². The van der Waals surface area contributed by atoms with Crippen LogP contribution in [-0.2, 0) is 9.53 Å². The molecule has 9 nitrogen and oxygen atoms in total. The zero-order valence-electron chi connectivity index (χ0n) is 14.2. The average molecular weight is 358 g/mol. The average Bonchev–Trinajstić information content (AvgIpc) is 3.13. The summed E-state index contributed by atoms with van der Waals surface area (Å²) in [6.45, 7) is 2.17. The first kappa shape index (κ1) is 18.9. The first-order valence-electron chi connectivity index (χ1n) is 7.95. The van der Waals surface area contributed by atoms with Gasteiger partial charge in [0.05, 0.1) is 10.5 Å². The van der Waals surface area contributed by atoms with E-state index in [1.165, 1.54) is 19.1 Å². The van der Waals surface area contributed by atoms with Crippen LogP contribution in [0, 0.1) is 21.4 Å². The van der Waals surface area contributed by atoms with E-state index in [-0.39, 0.29) is 22.5 Å². The van der Waals surface area contributed by atoms with Gasteiger partial charge in [-0.1, -0.05) is 0 Å². The van der Waals surface area contributed by atoms with E-state index in [9.17, 15) is 19.7 Å². The minimum Gasteiger partial charge on any atom is -0.454 e. The number of rotatable bonds is 6. The van der Waals surface area contributed by atoms with Crippen molar-refractivity contribution in [2.45, 2.75) is 19.8 Å². The van der Waals surface area contributed by atoms with Crippen molar-refractivity contribution in [3.8, 4) is 6.07 Å². The molecule has 1 aliphatic rings. The van der Waals surface area contributed by atoms with Crippen molar-refractivity contribution in [3.05, 3.63) is 45.1 Å². The fraction of sp³-hybridized carbons (Fsp3) is 0.353. The summed E-state index contributed by atoms with van der Waals surface area (Å²) < 4.78 is 4.86. The number of carbonyl (C=O) groups is 2. The quantitative estimate of drug-likeness (QED) is 0.266. The summed E-state index contributed by atoms with van der Waals surface area (Å²) in [4.78, 5) is 36.6. The molecule has 0 amide bonds. The maximum absolute atomic E-state index is 12.1. The van der Waals surface area contributed by atoms with Crippen LogP contribution >= 0.6 is 0 Å². The number of nitrogens with zero attached hydrogens (tertiary/aromatic N) is 3.